The molecule has 7 nitrogen and oxygen atoms in total. The number of halogens is 1. The Morgan fingerprint density at radius 1 is 1.17 bits per heavy atom. The number of piperidine rings is 2. The minimum atomic E-state index is -3.66. The monoisotopic (exact) mass is 522 g/mol. The van der Waals surface area contributed by atoms with Gasteiger partial charge in [0.2, 0.25) is 15.9 Å². The molecule has 1 aromatic carbocycles. The van der Waals surface area contributed by atoms with Crippen LogP contribution in [-0.4, -0.2) is 74.1 Å². The third kappa shape index (κ3) is 4.50. The van der Waals surface area contributed by atoms with Gasteiger partial charge in [0.25, 0.3) is 0 Å². The van der Waals surface area contributed by atoms with Crippen LogP contribution in [0.1, 0.15) is 51.0 Å². The fourth-order valence-electron chi connectivity index (χ4n) is 8.30. The van der Waals surface area contributed by atoms with Gasteiger partial charge in [-0.15, -0.1) is 0 Å². The van der Waals surface area contributed by atoms with Crippen LogP contribution in [0.5, 0.6) is 0 Å². The van der Waals surface area contributed by atoms with Crippen LogP contribution >= 0.6 is 0 Å². The molecule has 6 atom stereocenters. The minimum Gasteiger partial charge on any atom is -0.394 e. The smallest absolute Gasteiger partial charge is 0.219 e. The lowest BCUT2D eigenvalue weighted by Crippen LogP contribution is -2.63. The molecule has 1 amide bonds. The van der Waals surface area contributed by atoms with E-state index in [1.54, 1.807) is 26.2 Å². The first-order chi connectivity index (χ1) is 17.2. The maximum atomic E-state index is 14.2. The third-order valence-corrected chi connectivity index (χ3v) is 11.7. The molecular weight excluding hydrogens is 483 g/mol. The molecule has 4 aliphatic rings. The number of aliphatic hydroxyl groups excluding tert-OH is 1. The molecule has 200 valence electrons. The van der Waals surface area contributed by atoms with Crippen molar-refractivity contribution >= 4 is 15.9 Å². The summed E-state index contributed by atoms with van der Waals surface area (Å²) in [5.41, 5.74) is 0.0309. The second-order valence-electron chi connectivity index (χ2n) is 11.5. The molecular formula is C27H39FN2O5S. The summed E-state index contributed by atoms with van der Waals surface area (Å²) in [7, 11) is -1.88. The van der Waals surface area contributed by atoms with Crippen molar-refractivity contribution in [1.29, 1.82) is 0 Å². The molecule has 2 saturated heterocycles. The average Bonchev–Trinajstić information content (AvgIpc) is 3.25. The Labute approximate surface area is 214 Å². The highest BCUT2D eigenvalue weighted by Gasteiger charge is 2.61. The zero-order valence-corrected chi connectivity index (χ0v) is 22.1. The Kier molecular flexibility index (Phi) is 7.22. The second-order valence-corrected chi connectivity index (χ2v) is 13.5. The summed E-state index contributed by atoms with van der Waals surface area (Å²) in [5.74, 6) is 0.759. The van der Waals surface area contributed by atoms with Gasteiger partial charge in [0.1, 0.15) is 5.82 Å². The Morgan fingerprint density at radius 3 is 2.53 bits per heavy atom. The number of benzene rings is 1. The van der Waals surface area contributed by atoms with Gasteiger partial charge in [0.05, 0.1) is 24.5 Å². The Hall–Kier alpha value is -1.55. The summed E-state index contributed by atoms with van der Waals surface area (Å²) < 4.78 is 47.8. The molecule has 2 aliphatic carbocycles. The second kappa shape index (κ2) is 9.97. The molecule has 5 unspecified atom stereocenters. The van der Waals surface area contributed by atoms with Gasteiger partial charge < -0.3 is 14.7 Å². The van der Waals surface area contributed by atoms with Gasteiger partial charge in [-0.2, -0.15) is 0 Å². The summed E-state index contributed by atoms with van der Waals surface area (Å²) in [4.78, 5) is 14.6. The van der Waals surface area contributed by atoms with Crippen molar-refractivity contribution in [2.75, 3.05) is 33.4 Å². The van der Waals surface area contributed by atoms with E-state index < -0.39 is 15.8 Å². The standard InChI is InChI=1S/C27H39FN2O5S/c1-18(32)30-17-27(26-22-8-7-21(35-2)13-20(22)14-23(26)25(30)15-31)9-11-29(12-10-27)36(33,34)16-19-5-3-4-6-24(19)28/h3-6,20-23,25-26,31H,7-17H2,1-2H3/t20?,21?,22?,23?,25-,26?/m0/s1. The first-order valence-corrected chi connectivity index (χ1v) is 14.9. The van der Waals surface area contributed by atoms with Gasteiger partial charge in [-0.05, 0) is 73.7 Å². The highest BCUT2D eigenvalue weighted by atomic mass is 32.2. The molecule has 0 radical (unpaired) electrons. The summed E-state index contributed by atoms with van der Waals surface area (Å²) in [5, 5.41) is 10.4. The lowest BCUT2D eigenvalue weighted by atomic mass is 9.57. The van der Waals surface area contributed by atoms with Crippen molar-refractivity contribution in [2.24, 2.45) is 29.1 Å². The topological polar surface area (TPSA) is 87.2 Å². The van der Waals surface area contributed by atoms with E-state index >= 15 is 0 Å². The number of likely N-dealkylation sites (tertiary alicyclic amines) is 1. The molecule has 36 heavy (non-hydrogen) atoms. The van der Waals surface area contributed by atoms with Gasteiger partial charge in [0.15, 0.2) is 0 Å². The summed E-state index contributed by atoms with van der Waals surface area (Å²) in [6.07, 6.45) is 5.75. The predicted molar refractivity (Wildman–Crippen MR) is 134 cm³/mol. The van der Waals surface area contributed by atoms with Crippen LogP contribution in [-0.2, 0) is 25.3 Å². The number of aliphatic hydroxyl groups is 1. The van der Waals surface area contributed by atoms with E-state index in [1.165, 1.54) is 16.4 Å². The molecule has 0 bridgehead atoms. The summed E-state index contributed by atoms with van der Waals surface area (Å²) in [6, 6.07) is 5.86. The normalized spacial score (nSPS) is 34.4. The van der Waals surface area contributed by atoms with E-state index in [2.05, 4.69) is 0 Å². The van der Waals surface area contributed by atoms with E-state index in [-0.39, 0.29) is 47.3 Å². The van der Waals surface area contributed by atoms with Crippen LogP contribution in [0.25, 0.3) is 0 Å². The number of hydrogen-bond acceptors (Lipinski definition) is 5. The van der Waals surface area contributed by atoms with E-state index in [0.29, 0.717) is 50.2 Å². The van der Waals surface area contributed by atoms with E-state index in [1.807, 2.05) is 4.90 Å². The fraction of sp³-hybridized carbons (Fsp3) is 0.741. The van der Waals surface area contributed by atoms with Crippen molar-refractivity contribution in [1.82, 2.24) is 9.21 Å². The van der Waals surface area contributed by atoms with Crippen molar-refractivity contribution < 1.29 is 27.4 Å². The van der Waals surface area contributed by atoms with Gasteiger partial charge in [-0.3, -0.25) is 4.79 Å². The number of hydrogen-bond donors (Lipinski definition) is 1. The minimum absolute atomic E-state index is 0.0221. The van der Waals surface area contributed by atoms with Crippen LogP contribution in [0.15, 0.2) is 24.3 Å². The fourth-order valence-corrected chi connectivity index (χ4v) is 9.85. The van der Waals surface area contributed by atoms with Crippen molar-refractivity contribution in [3.05, 3.63) is 35.6 Å². The van der Waals surface area contributed by atoms with E-state index in [4.69, 9.17) is 4.74 Å². The van der Waals surface area contributed by atoms with Crippen molar-refractivity contribution in [3.63, 3.8) is 0 Å². The number of fused-ring (bicyclic) bond motifs is 4. The quantitative estimate of drug-likeness (QED) is 0.643. The summed E-state index contributed by atoms with van der Waals surface area (Å²) >= 11 is 0. The summed E-state index contributed by atoms with van der Waals surface area (Å²) in [6.45, 7) is 2.88. The first kappa shape index (κ1) is 26.1. The number of methoxy groups -OCH3 is 1. The van der Waals surface area contributed by atoms with Crippen LogP contribution in [0.4, 0.5) is 4.39 Å². The molecule has 4 fully saturated rings. The number of carbonyl (C=O) groups is 1. The molecule has 5 rings (SSSR count). The van der Waals surface area contributed by atoms with E-state index in [9.17, 15) is 22.7 Å². The maximum Gasteiger partial charge on any atom is 0.219 e. The number of rotatable bonds is 5. The molecule has 2 saturated carbocycles. The van der Waals surface area contributed by atoms with Gasteiger partial charge in [0, 0.05) is 39.2 Å². The number of amides is 1. The molecule has 1 N–H and O–H groups in total. The van der Waals surface area contributed by atoms with Gasteiger partial charge in [-0.1, -0.05) is 18.2 Å². The van der Waals surface area contributed by atoms with Crippen LogP contribution in [0.3, 0.4) is 0 Å². The molecule has 2 aliphatic heterocycles. The highest BCUT2D eigenvalue weighted by molar-refractivity contribution is 7.88. The molecule has 9 heteroatoms. The van der Waals surface area contributed by atoms with Gasteiger partial charge >= 0.3 is 0 Å². The molecule has 1 aromatic rings. The average molecular weight is 523 g/mol. The lowest BCUT2D eigenvalue weighted by molar-refractivity contribution is -0.150. The molecule has 2 heterocycles. The lowest BCUT2D eigenvalue weighted by Gasteiger charge is -2.57. The van der Waals surface area contributed by atoms with E-state index in [0.717, 1.165) is 25.7 Å². The largest absolute Gasteiger partial charge is 0.394 e. The number of sulfonamides is 1. The zero-order chi connectivity index (χ0) is 25.7. The number of ether oxygens (including phenoxy) is 1. The van der Waals surface area contributed by atoms with Crippen LogP contribution in [0.2, 0.25) is 0 Å². The maximum absolute atomic E-state index is 14.2. The van der Waals surface area contributed by atoms with Gasteiger partial charge in [-0.25, -0.2) is 17.1 Å². The SMILES string of the molecule is COC1CCC2C(C1)CC1C2C2(CCN(S(=O)(=O)Cc3ccccc3F)CC2)CN(C(C)=O)[C@H]1CO. The van der Waals surface area contributed by atoms with Crippen LogP contribution in [0, 0.1) is 34.9 Å². The van der Waals surface area contributed by atoms with Crippen LogP contribution < -0.4 is 0 Å². The third-order valence-electron chi connectivity index (χ3n) is 9.91. The highest BCUT2D eigenvalue weighted by Crippen LogP contribution is 2.62. The molecule has 0 aromatic heterocycles. The number of carbonyl (C=O) groups excluding carboxylic acids is 1. The van der Waals surface area contributed by atoms with Crippen molar-refractivity contribution in [2.45, 2.75) is 63.3 Å². The van der Waals surface area contributed by atoms with Crippen molar-refractivity contribution in [3.8, 4) is 0 Å². The molecule has 1 spiro atoms. The number of nitrogens with zero attached hydrogens (tertiary/aromatic N) is 2. The first-order valence-electron chi connectivity index (χ1n) is 13.3. The Morgan fingerprint density at radius 2 is 1.89 bits per heavy atom. The zero-order valence-electron chi connectivity index (χ0n) is 21.3. The Balaban J connectivity index is 1.39. The predicted octanol–water partition coefficient (Wildman–Crippen LogP) is 3.03. The Bertz CT molecular complexity index is 1070.